The molecule has 1 aromatic carbocycles. The first-order valence-electron chi connectivity index (χ1n) is 4.60. The Labute approximate surface area is 88.2 Å². The highest BCUT2D eigenvalue weighted by atomic mass is 32.2. The Morgan fingerprint density at radius 2 is 2.07 bits per heavy atom. The van der Waals surface area contributed by atoms with E-state index < -0.39 is 0 Å². The van der Waals surface area contributed by atoms with Crippen molar-refractivity contribution >= 4 is 23.1 Å². The summed E-state index contributed by atoms with van der Waals surface area (Å²) in [6.45, 7) is 2.85. The molecule has 72 valence electrons. The average molecular weight is 204 g/mol. The van der Waals surface area contributed by atoms with Crippen molar-refractivity contribution < 1.29 is 0 Å². The van der Waals surface area contributed by atoms with Crippen LogP contribution in [-0.4, -0.2) is 17.9 Å². The molecule has 2 rings (SSSR count). The lowest BCUT2D eigenvalue weighted by Crippen LogP contribution is -1.86. The second-order valence-corrected chi connectivity index (χ2v) is 4.15. The van der Waals surface area contributed by atoms with E-state index in [0.717, 1.165) is 17.5 Å². The number of rotatable bonds is 2. The van der Waals surface area contributed by atoms with Crippen molar-refractivity contribution in [3.63, 3.8) is 0 Å². The van der Waals surface area contributed by atoms with Crippen LogP contribution in [0.15, 0.2) is 34.3 Å². The van der Waals surface area contributed by atoms with E-state index in [4.69, 9.17) is 0 Å². The third-order valence-corrected chi connectivity index (χ3v) is 2.97. The molecule has 0 amide bonds. The lowest BCUT2D eigenvalue weighted by molar-refractivity contribution is 1.36. The van der Waals surface area contributed by atoms with E-state index in [1.54, 1.807) is 11.8 Å². The molecule has 1 heterocycles. The minimum atomic E-state index is 0.746. The van der Waals surface area contributed by atoms with Gasteiger partial charge in [0.1, 0.15) is 0 Å². The maximum atomic E-state index is 4.23. The lowest BCUT2D eigenvalue weighted by Gasteiger charge is -1.99. The van der Waals surface area contributed by atoms with Gasteiger partial charge >= 0.3 is 0 Å². The number of hydrogen-bond acceptors (Lipinski definition) is 3. The highest BCUT2D eigenvalue weighted by Crippen LogP contribution is 2.16. The van der Waals surface area contributed by atoms with E-state index in [9.17, 15) is 0 Å². The topological polar surface area (TPSA) is 24.7 Å². The lowest BCUT2D eigenvalue weighted by atomic mass is 10.2. The number of benzene rings is 1. The number of amidine groups is 1. The van der Waals surface area contributed by atoms with Crippen molar-refractivity contribution in [2.24, 2.45) is 9.98 Å². The van der Waals surface area contributed by atoms with Crippen LogP contribution in [0.25, 0.3) is 0 Å². The van der Waals surface area contributed by atoms with Crippen molar-refractivity contribution in [1.82, 2.24) is 0 Å². The molecular formula is C11H12N2S. The second kappa shape index (κ2) is 4.42. The number of hydrogen-bond donors (Lipinski definition) is 0. The van der Waals surface area contributed by atoms with Crippen LogP contribution in [0, 0.1) is 6.92 Å². The summed E-state index contributed by atoms with van der Waals surface area (Å²) >= 11 is 1.70. The fraction of sp³-hybridized carbons (Fsp3) is 0.273. The molecular weight excluding hydrogens is 192 g/mol. The van der Waals surface area contributed by atoms with Crippen LogP contribution in [0.2, 0.25) is 0 Å². The van der Waals surface area contributed by atoms with Crippen molar-refractivity contribution in [2.45, 2.75) is 12.7 Å². The van der Waals surface area contributed by atoms with Crippen LogP contribution in [-0.2, 0) is 5.75 Å². The van der Waals surface area contributed by atoms with E-state index in [1.807, 2.05) is 6.21 Å². The summed E-state index contributed by atoms with van der Waals surface area (Å²) in [5.41, 5.74) is 2.63. The zero-order valence-corrected chi connectivity index (χ0v) is 8.92. The molecule has 0 saturated heterocycles. The zero-order valence-electron chi connectivity index (χ0n) is 8.10. The van der Waals surface area contributed by atoms with Crippen molar-refractivity contribution in [1.29, 1.82) is 0 Å². The summed E-state index contributed by atoms with van der Waals surface area (Å²) in [7, 11) is 0. The summed E-state index contributed by atoms with van der Waals surface area (Å²) in [6.07, 6.45) is 1.84. The predicted octanol–water partition coefficient (Wildman–Crippen LogP) is 2.67. The Hall–Kier alpha value is -1.09. The number of aliphatic imine (C=N–C) groups is 2. The molecule has 1 aliphatic heterocycles. The summed E-state index contributed by atoms with van der Waals surface area (Å²) in [4.78, 5) is 8.38. The molecule has 0 unspecified atom stereocenters. The standard InChI is InChI=1S/C11H12N2S/c1-9-2-4-10(5-3-9)8-14-11-12-6-7-13-11/h2-6H,7-8H2,1H3. The molecule has 0 atom stereocenters. The number of thioether (sulfide) groups is 1. The molecule has 0 N–H and O–H groups in total. The average Bonchev–Trinajstić information content (AvgIpc) is 2.70. The third-order valence-electron chi connectivity index (χ3n) is 2.00. The Morgan fingerprint density at radius 1 is 1.29 bits per heavy atom. The first-order chi connectivity index (χ1) is 6.84. The van der Waals surface area contributed by atoms with Crippen LogP contribution in [0.1, 0.15) is 11.1 Å². The quantitative estimate of drug-likeness (QED) is 0.727. The predicted molar refractivity (Wildman–Crippen MR) is 63.3 cm³/mol. The Bertz CT molecular complexity index is 365. The molecule has 0 saturated carbocycles. The fourth-order valence-corrected chi connectivity index (χ4v) is 2.00. The largest absolute Gasteiger partial charge is 0.255 e. The smallest absolute Gasteiger partial charge is 0.183 e. The monoisotopic (exact) mass is 204 g/mol. The molecule has 1 aliphatic rings. The summed E-state index contributed by atoms with van der Waals surface area (Å²) < 4.78 is 0. The van der Waals surface area contributed by atoms with Gasteiger partial charge in [-0.2, -0.15) is 0 Å². The molecule has 0 radical (unpaired) electrons. The van der Waals surface area contributed by atoms with Gasteiger partial charge in [0.15, 0.2) is 5.17 Å². The Morgan fingerprint density at radius 3 is 2.71 bits per heavy atom. The van der Waals surface area contributed by atoms with Gasteiger partial charge in [-0.05, 0) is 12.5 Å². The van der Waals surface area contributed by atoms with Crippen molar-refractivity contribution in [2.75, 3.05) is 6.54 Å². The zero-order chi connectivity index (χ0) is 9.80. The van der Waals surface area contributed by atoms with E-state index in [2.05, 4.69) is 41.2 Å². The van der Waals surface area contributed by atoms with E-state index >= 15 is 0 Å². The molecule has 14 heavy (non-hydrogen) atoms. The van der Waals surface area contributed by atoms with Gasteiger partial charge in [-0.25, -0.2) is 4.99 Å². The fourth-order valence-electron chi connectivity index (χ4n) is 1.19. The Kier molecular flexibility index (Phi) is 2.99. The molecule has 2 nitrogen and oxygen atoms in total. The van der Waals surface area contributed by atoms with E-state index in [-0.39, 0.29) is 0 Å². The first-order valence-corrected chi connectivity index (χ1v) is 5.58. The van der Waals surface area contributed by atoms with Gasteiger partial charge in [0, 0.05) is 12.0 Å². The summed E-state index contributed by atoms with van der Waals surface area (Å²) in [6, 6.07) is 8.58. The van der Waals surface area contributed by atoms with Gasteiger partial charge in [0.05, 0.1) is 6.54 Å². The number of nitrogens with zero attached hydrogens (tertiary/aromatic N) is 2. The molecule has 3 heteroatoms. The van der Waals surface area contributed by atoms with Gasteiger partial charge < -0.3 is 0 Å². The van der Waals surface area contributed by atoms with E-state index in [1.165, 1.54) is 11.1 Å². The third kappa shape index (κ3) is 2.45. The highest BCUT2D eigenvalue weighted by Gasteiger charge is 2.01. The minimum absolute atomic E-state index is 0.746. The van der Waals surface area contributed by atoms with E-state index in [0.29, 0.717) is 0 Å². The van der Waals surface area contributed by atoms with Gasteiger partial charge in [-0.3, -0.25) is 4.99 Å². The minimum Gasteiger partial charge on any atom is -0.255 e. The molecule has 1 aromatic rings. The Balaban J connectivity index is 1.91. The maximum Gasteiger partial charge on any atom is 0.183 e. The summed E-state index contributed by atoms with van der Waals surface area (Å²) in [5.74, 6) is 0.955. The maximum absolute atomic E-state index is 4.23. The van der Waals surface area contributed by atoms with Crippen LogP contribution in [0.5, 0.6) is 0 Å². The first kappa shape index (κ1) is 9.46. The van der Waals surface area contributed by atoms with Crippen LogP contribution < -0.4 is 0 Å². The SMILES string of the molecule is Cc1ccc(CSC2=NCC=N2)cc1. The van der Waals surface area contributed by atoms with Crippen LogP contribution >= 0.6 is 11.8 Å². The van der Waals surface area contributed by atoms with Crippen molar-refractivity contribution in [3.8, 4) is 0 Å². The van der Waals surface area contributed by atoms with Gasteiger partial charge in [-0.1, -0.05) is 41.6 Å². The molecule has 0 spiro atoms. The molecule has 0 bridgehead atoms. The van der Waals surface area contributed by atoms with Crippen LogP contribution in [0.3, 0.4) is 0 Å². The molecule has 0 aliphatic carbocycles. The van der Waals surface area contributed by atoms with Gasteiger partial charge in [0.25, 0.3) is 0 Å². The molecule has 0 aromatic heterocycles. The number of aryl methyl sites for hydroxylation is 1. The highest BCUT2D eigenvalue weighted by molar-refractivity contribution is 8.13. The molecule has 0 fully saturated rings. The normalized spacial score (nSPS) is 14.5. The summed E-state index contributed by atoms with van der Waals surface area (Å²) in [5, 5.41) is 0.908. The second-order valence-electron chi connectivity index (χ2n) is 3.21. The van der Waals surface area contributed by atoms with Gasteiger partial charge in [-0.15, -0.1) is 0 Å². The van der Waals surface area contributed by atoms with Crippen molar-refractivity contribution in [3.05, 3.63) is 35.4 Å². The van der Waals surface area contributed by atoms with Crippen LogP contribution in [0.4, 0.5) is 0 Å². The van der Waals surface area contributed by atoms with Gasteiger partial charge in [0.2, 0.25) is 0 Å².